The number of rotatable bonds is 6. The maximum atomic E-state index is 5.74. The summed E-state index contributed by atoms with van der Waals surface area (Å²) in [6.07, 6.45) is 0.261. The summed E-state index contributed by atoms with van der Waals surface area (Å²) >= 11 is 0. The van der Waals surface area contributed by atoms with E-state index in [-0.39, 0.29) is 6.10 Å². The molecule has 0 amide bonds. The molecule has 2 rings (SSSR count). The fourth-order valence-electron chi connectivity index (χ4n) is 2.18. The molecule has 0 aliphatic heterocycles. The molecule has 2 aromatic rings. The van der Waals surface area contributed by atoms with Crippen molar-refractivity contribution in [1.29, 1.82) is 0 Å². The summed E-state index contributed by atoms with van der Waals surface area (Å²) in [7, 11) is 2.08. The predicted octanol–water partition coefficient (Wildman–Crippen LogP) is 2.55. The van der Waals surface area contributed by atoms with E-state index in [1.54, 1.807) is 0 Å². The second-order valence-electron chi connectivity index (χ2n) is 5.20. The monoisotopic (exact) mass is 273 g/mol. The lowest BCUT2D eigenvalue weighted by Gasteiger charge is -2.22. The fourth-order valence-corrected chi connectivity index (χ4v) is 2.18. The number of nitrogens with zero attached hydrogens (tertiary/aromatic N) is 2. The molecule has 1 heterocycles. The Bertz CT molecular complexity index is 569. The summed E-state index contributed by atoms with van der Waals surface area (Å²) in [5, 5.41) is 1.15. The Morgan fingerprint density at radius 1 is 1.30 bits per heavy atom. The van der Waals surface area contributed by atoms with Crippen LogP contribution in [0, 0.1) is 0 Å². The maximum absolute atomic E-state index is 5.74. The Morgan fingerprint density at radius 3 is 2.75 bits per heavy atom. The van der Waals surface area contributed by atoms with Crippen LogP contribution in [0.1, 0.15) is 19.5 Å². The maximum Gasteiger partial charge on any atom is 0.0726 e. The van der Waals surface area contributed by atoms with Crippen LogP contribution in [0.15, 0.2) is 30.3 Å². The van der Waals surface area contributed by atoms with Crippen LogP contribution in [0.25, 0.3) is 10.9 Å². The zero-order valence-electron chi connectivity index (χ0n) is 12.5. The molecule has 0 bridgehead atoms. The third-order valence-electron chi connectivity index (χ3n) is 3.25. The van der Waals surface area contributed by atoms with Gasteiger partial charge in [0.25, 0.3) is 0 Å². The van der Waals surface area contributed by atoms with Crippen LogP contribution in [0.5, 0.6) is 0 Å². The molecule has 0 aliphatic carbocycles. The van der Waals surface area contributed by atoms with Crippen molar-refractivity contribution in [1.82, 2.24) is 4.98 Å². The molecule has 0 fully saturated rings. The molecular weight excluding hydrogens is 250 g/mol. The van der Waals surface area contributed by atoms with Gasteiger partial charge in [0.15, 0.2) is 0 Å². The van der Waals surface area contributed by atoms with Crippen molar-refractivity contribution in [3.05, 3.63) is 36.0 Å². The van der Waals surface area contributed by atoms with Gasteiger partial charge in [0, 0.05) is 31.2 Å². The molecule has 0 unspecified atom stereocenters. The van der Waals surface area contributed by atoms with Gasteiger partial charge < -0.3 is 15.4 Å². The van der Waals surface area contributed by atoms with Crippen LogP contribution in [-0.4, -0.2) is 31.3 Å². The zero-order chi connectivity index (χ0) is 14.5. The minimum absolute atomic E-state index is 0.261. The van der Waals surface area contributed by atoms with Crippen LogP contribution in [0.3, 0.4) is 0 Å². The van der Waals surface area contributed by atoms with Crippen molar-refractivity contribution in [2.75, 3.05) is 25.1 Å². The van der Waals surface area contributed by atoms with Crippen molar-refractivity contribution in [2.45, 2.75) is 26.5 Å². The molecule has 0 aliphatic rings. The second kappa shape index (κ2) is 6.68. The second-order valence-corrected chi connectivity index (χ2v) is 5.20. The molecule has 0 saturated heterocycles. The molecule has 0 atom stereocenters. The van der Waals surface area contributed by atoms with Crippen LogP contribution < -0.4 is 10.6 Å². The molecule has 1 aromatic heterocycles. The van der Waals surface area contributed by atoms with Crippen molar-refractivity contribution in [2.24, 2.45) is 5.73 Å². The topological polar surface area (TPSA) is 51.4 Å². The molecule has 4 nitrogen and oxygen atoms in total. The number of para-hydroxylation sites is 1. The summed E-state index contributed by atoms with van der Waals surface area (Å²) in [6, 6.07) is 10.2. The number of aromatic nitrogens is 1. The highest BCUT2D eigenvalue weighted by atomic mass is 16.5. The number of anilines is 1. The van der Waals surface area contributed by atoms with E-state index < -0.39 is 0 Å². The van der Waals surface area contributed by atoms with Crippen LogP contribution in [0.4, 0.5) is 5.69 Å². The van der Waals surface area contributed by atoms with Gasteiger partial charge in [-0.25, -0.2) is 0 Å². The van der Waals surface area contributed by atoms with E-state index in [1.165, 1.54) is 0 Å². The normalized spacial score (nSPS) is 11.2. The summed E-state index contributed by atoms with van der Waals surface area (Å²) in [6.45, 7) is 6.11. The number of hydrogen-bond acceptors (Lipinski definition) is 4. The first-order valence-corrected chi connectivity index (χ1v) is 7.03. The minimum Gasteiger partial charge on any atom is -0.377 e. The highest BCUT2D eigenvalue weighted by Gasteiger charge is 2.09. The molecule has 0 spiro atoms. The average Bonchev–Trinajstić information content (AvgIpc) is 2.45. The Labute approximate surface area is 120 Å². The van der Waals surface area contributed by atoms with Crippen LogP contribution >= 0.6 is 0 Å². The van der Waals surface area contributed by atoms with E-state index >= 15 is 0 Å². The van der Waals surface area contributed by atoms with E-state index in [0.29, 0.717) is 13.2 Å². The smallest absolute Gasteiger partial charge is 0.0726 e. The Hall–Kier alpha value is -1.65. The molecule has 0 radical (unpaired) electrons. The summed E-state index contributed by atoms with van der Waals surface area (Å²) in [4.78, 5) is 6.76. The van der Waals surface area contributed by atoms with Crippen molar-refractivity contribution >= 4 is 16.6 Å². The van der Waals surface area contributed by atoms with Gasteiger partial charge in [0.1, 0.15) is 0 Å². The number of hydrogen-bond donors (Lipinski definition) is 1. The number of ether oxygens (including phenoxy) is 1. The summed E-state index contributed by atoms with van der Waals surface area (Å²) in [5.41, 5.74) is 8.80. The van der Waals surface area contributed by atoms with Gasteiger partial charge in [-0.05, 0) is 26.0 Å². The predicted molar refractivity (Wildman–Crippen MR) is 84.0 cm³/mol. The third-order valence-corrected chi connectivity index (χ3v) is 3.25. The van der Waals surface area contributed by atoms with Gasteiger partial charge in [0.2, 0.25) is 0 Å². The fraction of sp³-hybridized carbons (Fsp3) is 0.438. The van der Waals surface area contributed by atoms with Gasteiger partial charge >= 0.3 is 0 Å². The molecule has 1 aromatic carbocycles. The number of pyridine rings is 1. The Kier molecular flexibility index (Phi) is 4.93. The van der Waals surface area contributed by atoms with Gasteiger partial charge in [-0.1, -0.05) is 18.2 Å². The standard InChI is InChI=1S/C16H23N3O/c1-12(2)20-9-8-19(3)16-10-13(11-17)18-15-7-5-4-6-14(15)16/h4-7,10,12H,8-9,11,17H2,1-3H3. The minimum atomic E-state index is 0.261. The van der Waals surface area contributed by atoms with Gasteiger partial charge in [-0.15, -0.1) is 0 Å². The third kappa shape index (κ3) is 3.46. The highest BCUT2D eigenvalue weighted by molar-refractivity contribution is 5.91. The lowest BCUT2D eigenvalue weighted by atomic mass is 10.1. The quantitative estimate of drug-likeness (QED) is 0.879. The summed E-state index contributed by atoms with van der Waals surface area (Å²) < 4.78 is 5.62. The molecule has 0 saturated carbocycles. The molecule has 4 heteroatoms. The molecular formula is C16H23N3O. The molecule has 2 N–H and O–H groups in total. The highest BCUT2D eigenvalue weighted by Crippen LogP contribution is 2.25. The first-order chi connectivity index (χ1) is 9.61. The van der Waals surface area contributed by atoms with E-state index in [0.717, 1.165) is 28.8 Å². The van der Waals surface area contributed by atoms with Crippen molar-refractivity contribution in [3.8, 4) is 0 Å². The van der Waals surface area contributed by atoms with Gasteiger partial charge in [-0.3, -0.25) is 4.98 Å². The van der Waals surface area contributed by atoms with Crippen LogP contribution in [0.2, 0.25) is 0 Å². The Balaban J connectivity index is 2.27. The zero-order valence-corrected chi connectivity index (χ0v) is 12.5. The van der Waals surface area contributed by atoms with Crippen molar-refractivity contribution in [3.63, 3.8) is 0 Å². The first-order valence-electron chi connectivity index (χ1n) is 7.03. The SMILES string of the molecule is CC(C)OCCN(C)c1cc(CN)nc2ccccc12. The number of nitrogens with two attached hydrogens (primary N) is 1. The first kappa shape index (κ1) is 14.8. The largest absolute Gasteiger partial charge is 0.377 e. The van der Waals surface area contributed by atoms with Crippen LogP contribution in [-0.2, 0) is 11.3 Å². The van der Waals surface area contributed by atoms with E-state index in [1.807, 2.05) is 32.0 Å². The molecule has 20 heavy (non-hydrogen) atoms. The number of fused-ring (bicyclic) bond motifs is 1. The summed E-state index contributed by atoms with van der Waals surface area (Å²) in [5.74, 6) is 0. The van der Waals surface area contributed by atoms with E-state index in [2.05, 4.69) is 29.1 Å². The Morgan fingerprint density at radius 2 is 2.05 bits per heavy atom. The van der Waals surface area contributed by atoms with E-state index in [9.17, 15) is 0 Å². The molecule has 108 valence electrons. The van der Waals surface area contributed by atoms with Gasteiger partial charge in [0.05, 0.1) is 23.9 Å². The average molecular weight is 273 g/mol. The van der Waals surface area contributed by atoms with E-state index in [4.69, 9.17) is 10.5 Å². The number of likely N-dealkylation sites (N-methyl/N-ethyl adjacent to an activating group) is 1. The van der Waals surface area contributed by atoms with Crippen molar-refractivity contribution < 1.29 is 4.74 Å². The lowest BCUT2D eigenvalue weighted by Crippen LogP contribution is -2.24. The van der Waals surface area contributed by atoms with Gasteiger partial charge in [-0.2, -0.15) is 0 Å². The number of benzene rings is 1. The lowest BCUT2D eigenvalue weighted by molar-refractivity contribution is 0.0846.